The Balaban J connectivity index is 2.04. The number of nitrogens with zero attached hydrogens (tertiary/aromatic N) is 2. The topological polar surface area (TPSA) is 47.0 Å². The fraction of sp³-hybridized carbons (Fsp3) is 0.231. The molecule has 0 aliphatic carbocycles. The average Bonchev–Trinajstić information content (AvgIpc) is 2.42. The highest BCUT2D eigenvalue weighted by Gasteiger charge is 2.05. The third kappa shape index (κ3) is 3.69. The minimum atomic E-state index is -0.964. The highest BCUT2D eigenvalue weighted by molar-refractivity contribution is 5.27. The molecule has 1 aromatic heterocycles. The average molecular weight is 265 g/mol. The first-order chi connectivity index (χ1) is 9.19. The molecule has 1 aromatic carbocycles. The Morgan fingerprint density at radius 2 is 2.00 bits per heavy atom. The van der Waals surface area contributed by atoms with Crippen molar-refractivity contribution in [3.8, 4) is 11.6 Å². The number of halogens is 2. The zero-order valence-electron chi connectivity index (χ0n) is 10.4. The Hall–Kier alpha value is -2.08. The van der Waals surface area contributed by atoms with E-state index >= 15 is 0 Å². The van der Waals surface area contributed by atoms with Crippen LogP contribution in [0.1, 0.15) is 12.6 Å². The lowest BCUT2D eigenvalue weighted by Crippen LogP contribution is -2.13. The van der Waals surface area contributed by atoms with Gasteiger partial charge in [-0.3, -0.25) is 4.98 Å². The Bertz CT molecular complexity index is 546. The standard InChI is InChI=1S/C13H13F2N3O/c1-2-16-6-9-7-18-13(8-17-9)19-10-3-4-11(14)12(15)5-10/h3-5,7-8,16H,2,6H2,1H3. The van der Waals surface area contributed by atoms with E-state index in [4.69, 9.17) is 4.74 Å². The second-order valence-corrected chi connectivity index (χ2v) is 3.80. The molecular weight excluding hydrogens is 252 g/mol. The van der Waals surface area contributed by atoms with Crippen LogP contribution in [0, 0.1) is 11.6 Å². The summed E-state index contributed by atoms with van der Waals surface area (Å²) in [5.74, 6) is -1.48. The Kier molecular flexibility index (Phi) is 4.35. The van der Waals surface area contributed by atoms with E-state index in [1.807, 2.05) is 6.92 Å². The van der Waals surface area contributed by atoms with E-state index in [1.165, 1.54) is 12.3 Å². The van der Waals surface area contributed by atoms with Crippen LogP contribution in [0.25, 0.3) is 0 Å². The van der Waals surface area contributed by atoms with E-state index < -0.39 is 11.6 Å². The van der Waals surface area contributed by atoms with Crippen molar-refractivity contribution in [3.05, 3.63) is 47.9 Å². The van der Waals surface area contributed by atoms with Crippen molar-refractivity contribution in [1.82, 2.24) is 15.3 Å². The zero-order chi connectivity index (χ0) is 13.7. The van der Waals surface area contributed by atoms with Gasteiger partial charge >= 0.3 is 0 Å². The summed E-state index contributed by atoms with van der Waals surface area (Å²) in [5.41, 5.74) is 0.777. The SMILES string of the molecule is CCNCc1cnc(Oc2ccc(F)c(F)c2)cn1. The van der Waals surface area contributed by atoms with Crippen LogP contribution in [-0.2, 0) is 6.54 Å². The van der Waals surface area contributed by atoms with Crippen LogP contribution >= 0.6 is 0 Å². The molecule has 1 N–H and O–H groups in total. The highest BCUT2D eigenvalue weighted by Crippen LogP contribution is 2.20. The van der Waals surface area contributed by atoms with Gasteiger partial charge in [-0.1, -0.05) is 6.92 Å². The molecule has 6 heteroatoms. The van der Waals surface area contributed by atoms with Gasteiger partial charge in [0.25, 0.3) is 0 Å². The van der Waals surface area contributed by atoms with Gasteiger partial charge in [-0.05, 0) is 18.7 Å². The predicted molar refractivity (Wildman–Crippen MR) is 65.8 cm³/mol. The van der Waals surface area contributed by atoms with Gasteiger partial charge in [0.15, 0.2) is 11.6 Å². The lowest BCUT2D eigenvalue weighted by atomic mass is 10.3. The lowest BCUT2D eigenvalue weighted by Gasteiger charge is -2.05. The molecule has 2 aromatic rings. The molecule has 0 aliphatic heterocycles. The lowest BCUT2D eigenvalue weighted by molar-refractivity contribution is 0.444. The second kappa shape index (κ2) is 6.19. The molecule has 0 saturated heterocycles. The van der Waals surface area contributed by atoms with Gasteiger partial charge in [0.1, 0.15) is 5.75 Å². The van der Waals surface area contributed by atoms with E-state index in [1.54, 1.807) is 6.20 Å². The number of hydrogen-bond acceptors (Lipinski definition) is 4. The molecule has 0 unspecified atom stereocenters. The Labute approximate surface area is 109 Å². The number of nitrogens with one attached hydrogen (secondary N) is 1. The van der Waals surface area contributed by atoms with Gasteiger partial charge < -0.3 is 10.1 Å². The van der Waals surface area contributed by atoms with Crippen molar-refractivity contribution in [2.45, 2.75) is 13.5 Å². The molecule has 2 rings (SSSR count). The largest absolute Gasteiger partial charge is 0.437 e. The minimum absolute atomic E-state index is 0.174. The van der Waals surface area contributed by atoms with Gasteiger partial charge in [-0.25, -0.2) is 13.8 Å². The first-order valence-electron chi connectivity index (χ1n) is 5.83. The van der Waals surface area contributed by atoms with E-state index in [9.17, 15) is 8.78 Å². The Morgan fingerprint density at radius 1 is 1.16 bits per heavy atom. The summed E-state index contributed by atoms with van der Waals surface area (Å²) >= 11 is 0. The summed E-state index contributed by atoms with van der Waals surface area (Å²) in [4.78, 5) is 8.17. The molecule has 4 nitrogen and oxygen atoms in total. The molecule has 0 spiro atoms. The number of aromatic nitrogens is 2. The summed E-state index contributed by atoms with van der Waals surface area (Å²) < 4.78 is 31.0. The summed E-state index contributed by atoms with van der Waals surface area (Å²) in [6.45, 7) is 3.46. The number of ether oxygens (including phenoxy) is 1. The van der Waals surface area contributed by atoms with Gasteiger partial charge in [-0.15, -0.1) is 0 Å². The quantitative estimate of drug-likeness (QED) is 0.902. The summed E-state index contributed by atoms with van der Waals surface area (Å²) in [6, 6.07) is 3.29. The first kappa shape index (κ1) is 13.4. The molecule has 1 heterocycles. The van der Waals surface area contributed by atoms with E-state index in [2.05, 4.69) is 15.3 Å². The maximum absolute atomic E-state index is 13.0. The van der Waals surface area contributed by atoms with Crippen molar-refractivity contribution in [1.29, 1.82) is 0 Å². The molecule has 0 fully saturated rings. The van der Waals surface area contributed by atoms with Crippen molar-refractivity contribution >= 4 is 0 Å². The molecule has 0 radical (unpaired) electrons. The van der Waals surface area contributed by atoms with Gasteiger partial charge in [0.05, 0.1) is 18.1 Å². The number of rotatable bonds is 5. The highest BCUT2D eigenvalue weighted by atomic mass is 19.2. The van der Waals surface area contributed by atoms with Crippen LogP contribution < -0.4 is 10.1 Å². The van der Waals surface area contributed by atoms with Crippen molar-refractivity contribution < 1.29 is 13.5 Å². The number of hydrogen-bond donors (Lipinski definition) is 1. The first-order valence-corrected chi connectivity index (χ1v) is 5.83. The van der Waals surface area contributed by atoms with E-state index in [0.717, 1.165) is 24.4 Å². The van der Waals surface area contributed by atoms with Crippen LogP contribution in [0.5, 0.6) is 11.6 Å². The molecule has 0 atom stereocenters. The summed E-state index contributed by atoms with van der Waals surface area (Å²) in [5, 5.41) is 3.11. The third-order valence-corrected chi connectivity index (χ3v) is 2.35. The summed E-state index contributed by atoms with van der Waals surface area (Å²) in [6.07, 6.45) is 3.01. The van der Waals surface area contributed by atoms with Crippen molar-refractivity contribution in [2.24, 2.45) is 0 Å². The third-order valence-electron chi connectivity index (χ3n) is 2.35. The number of benzene rings is 1. The maximum Gasteiger partial charge on any atom is 0.237 e. The van der Waals surface area contributed by atoms with Crippen LogP contribution in [0.3, 0.4) is 0 Å². The molecule has 0 amide bonds. The van der Waals surface area contributed by atoms with Crippen LogP contribution in [0.2, 0.25) is 0 Å². The minimum Gasteiger partial charge on any atom is -0.437 e. The van der Waals surface area contributed by atoms with E-state index in [0.29, 0.717) is 6.54 Å². The summed E-state index contributed by atoms with van der Waals surface area (Å²) in [7, 11) is 0. The van der Waals surface area contributed by atoms with Crippen molar-refractivity contribution in [2.75, 3.05) is 6.54 Å². The fourth-order valence-electron chi connectivity index (χ4n) is 1.40. The monoisotopic (exact) mass is 265 g/mol. The Morgan fingerprint density at radius 3 is 2.63 bits per heavy atom. The second-order valence-electron chi connectivity index (χ2n) is 3.80. The van der Waals surface area contributed by atoms with Crippen LogP contribution in [0.4, 0.5) is 8.78 Å². The van der Waals surface area contributed by atoms with E-state index in [-0.39, 0.29) is 11.6 Å². The normalized spacial score (nSPS) is 10.5. The fourth-order valence-corrected chi connectivity index (χ4v) is 1.40. The van der Waals surface area contributed by atoms with Crippen LogP contribution in [-0.4, -0.2) is 16.5 Å². The molecule has 0 aliphatic rings. The van der Waals surface area contributed by atoms with Crippen LogP contribution in [0.15, 0.2) is 30.6 Å². The molecule has 0 saturated carbocycles. The molecule has 100 valence electrons. The van der Waals surface area contributed by atoms with Gasteiger partial charge in [0, 0.05) is 12.6 Å². The predicted octanol–water partition coefficient (Wildman–Crippen LogP) is 2.66. The van der Waals surface area contributed by atoms with Gasteiger partial charge in [-0.2, -0.15) is 0 Å². The molecule has 19 heavy (non-hydrogen) atoms. The van der Waals surface area contributed by atoms with Crippen molar-refractivity contribution in [3.63, 3.8) is 0 Å². The zero-order valence-corrected chi connectivity index (χ0v) is 10.4. The maximum atomic E-state index is 13.0. The van der Waals surface area contributed by atoms with Gasteiger partial charge in [0.2, 0.25) is 5.88 Å². The molecular formula is C13H13F2N3O. The molecule has 0 bridgehead atoms. The smallest absolute Gasteiger partial charge is 0.237 e.